The van der Waals surface area contributed by atoms with Gasteiger partial charge in [0.1, 0.15) is 0 Å². The van der Waals surface area contributed by atoms with E-state index in [0.29, 0.717) is 17.2 Å². The summed E-state index contributed by atoms with van der Waals surface area (Å²) in [5.41, 5.74) is 0. The van der Waals surface area contributed by atoms with Crippen LogP contribution in [0.1, 0.15) is 20.8 Å². The van der Waals surface area contributed by atoms with Gasteiger partial charge in [0.25, 0.3) is 10.2 Å². The van der Waals surface area contributed by atoms with E-state index in [1.165, 1.54) is 11.4 Å². The summed E-state index contributed by atoms with van der Waals surface area (Å²) in [5.74, 6) is 0. The van der Waals surface area contributed by atoms with Gasteiger partial charge in [-0.05, 0) is 6.92 Å². The molecule has 1 atom stereocenters. The van der Waals surface area contributed by atoms with Gasteiger partial charge in [-0.15, -0.1) is 0 Å². The Bertz CT molecular complexity index is 361. The zero-order valence-electron chi connectivity index (χ0n) is 10.9. The molecule has 0 aromatic carbocycles. The molecular formula is C7H18KN2O4PS2. The fourth-order valence-electron chi connectivity index (χ4n) is 1.09. The van der Waals surface area contributed by atoms with Crippen LogP contribution in [0.15, 0.2) is 0 Å². The second-order valence-corrected chi connectivity index (χ2v) is 8.32. The van der Waals surface area contributed by atoms with Crippen molar-refractivity contribution < 1.29 is 69.2 Å². The maximum Gasteiger partial charge on any atom is 1.00 e. The maximum absolute atomic E-state index is 11.9. The molecule has 0 saturated carbocycles. The standard InChI is InChI=1S/C7H19N2O4PS2.K/c1-5-9(6-2)16(11,12)8(4)14(10,15)13-7-3;/h5-7H2,1-4H3,(H,10,15);/q;+1/p-1. The Kier molecular flexibility index (Phi) is 11.4. The van der Waals surface area contributed by atoms with E-state index in [1.54, 1.807) is 20.8 Å². The van der Waals surface area contributed by atoms with E-state index >= 15 is 0 Å². The van der Waals surface area contributed by atoms with Gasteiger partial charge in [-0.3, -0.25) is 0 Å². The van der Waals surface area contributed by atoms with E-state index in [0.717, 1.165) is 0 Å². The molecule has 0 aliphatic rings. The van der Waals surface area contributed by atoms with Crippen LogP contribution in [-0.4, -0.2) is 43.5 Å². The van der Waals surface area contributed by atoms with Crippen LogP contribution >= 0.6 is 6.64 Å². The van der Waals surface area contributed by atoms with Gasteiger partial charge in [0.2, 0.25) is 0 Å². The fourth-order valence-corrected chi connectivity index (χ4v) is 5.10. The third kappa shape index (κ3) is 5.93. The summed E-state index contributed by atoms with van der Waals surface area (Å²) in [6, 6.07) is 0. The fraction of sp³-hybridized carbons (Fsp3) is 1.00. The van der Waals surface area contributed by atoms with Crippen LogP contribution in [-0.2, 0) is 26.5 Å². The van der Waals surface area contributed by atoms with Gasteiger partial charge < -0.3 is 9.42 Å². The largest absolute Gasteiger partial charge is 1.00 e. The molecule has 0 aromatic heterocycles. The van der Waals surface area contributed by atoms with Crippen LogP contribution in [0.2, 0.25) is 0 Å². The van der Waals surface area contributed by atoms with Crippen molar-refractivity contribution in [2.24, 2.45) is 0 Å². The van der Waals surface area contributed by atoms with E-state index in [1.807, 2.05) is 0 Å². The van der Waals surface area contributed by atoms with Gasteiger partial charge in [0, 0.05) is 26.7 Å². The zero-order chi connectivity index (χ0) is 13.0. The van der Waals surface area contributed by atoms with Crippen molar-refractivity contribution in [3.8, 4) is 0 Å². The van der Waals surface area contributed by atoms with E-state index in [9.17, 15) is 13.3 Å². The Balaban J connectivity index is 0. The number of nitrogens with zero attached hydrogens (tertiary/aromatic N) is 2. The summed E-state index contributed by atoms with van der Waals surface area (Å²) < 4.78 is 30.5. The van der Waals surface area contributed by atoms with Crippen LogP contribution in [0.4, 0.5) is 0 Å². The number of hydrogen-bond donors (Lipinski definition) is 0. The topological polar surface area (TPSA) is 72.9 Å². The van der Waals surface area contributed by atoms with Gasteiger partial charge in [-0.25, -0.2) is 0 Å². The predicted molar refractivity (Wildman–Crippen MR) is 65.5 cm³/mol. The first-order valence-electron chi connectivity index (χ1n) is 4.94. The molecule has 0 rings (SSSR count). The molecule has 0 spiro atoms. The van der Waals surface area contributed by atoms with Crippen molar-refractivity contribution in [1.82, 2.24) is 8.38 Å². The quantitative estimate of drug-likeness (QED) is 0.371. The van der Waals surface area contributed by atoms with Gasteiger partial charge in [-0.2, -0.15) is 16.8 Å². The molecule has 0 bridgehead atoms. The Labute approximate surface area is 152 Å². The van der Waals surface area contributed by atoms with Crippen molar-refractivity contribution in [2.75, 3.05) is 26.7 Å². The molecule has 0 radical (unpaired) electrons. The minimum absolute atomic E-state index is 0. The molecule has 17 heavy (non-hydrogen) atoms. The summed E-state index contributed by atoms with van der Waals surface area (Å²) in [7, 11) is -2.63. The normalized spacial score (nSPS) is 15.7. The van der Waals surface area contributed by atoms with Crippen LogP contribution in [0, 0.1) is 0 Å². The monoisotopic (exact) mass is 328 g/mol. The van der Waals surface area contributed by atoms with Crippen molar-refractivity contribution in [1.29, 1.82) is 0 Å². The molecule has 0 amide bonds. The predicted octanol–water partition coefficient (Wildman–Crippen LogP) is -2.87. The van der Waals surface area contributed by atoms with Gasteiger partial charge in [0.05, 0.1) is 6.64 Å². The Morgan fingerprint density at radius 2 is 1.71 bits per heavy atom. The number of rotatable bonds is 7. The molecule has 6 nitrogen and oxygen atoms in total. The first-order valence-corrected chi connectivity index (χ1v) is 8.92. The van der Waals surface area contributed by atoms with Crippen molar-refractivity contribution in [2.45, 2.75) is 20.8 Å². The number of hydrogen-bond acceptors (Lipinski definition) is 5. The van der Waals surface area contributed by atoms with E-state index in [2.05, 4.69) is 11.8 Å². The molecule has 0 N–H and O–H groups in total. The molecule has 10 heteroatoms. The summed E-state index contributed by atoms with van der Waals surface area (Å²) in [6.07, 6.45) is 0. The molecule has 0 aliphatic carbocycles. The summed E-state index contributed by atoms with van der Waals surface area (Å²) >= 11 is 4.68. The summed E-state index contributed by atoms with van der Waals surface area (Å²) in [4.78, 5) is 11.8. The van der Waals surface area contributed by atoms with Crippen LogP contribution in [0.3, 0.4) is 0 Å². The Hall–Kier alpha value is 2.08. The Morgan fingerprint density at radius 3 is 2.00 bits per heavy atom. The second-order valence-electron chi connectivity index (χ2n) is 2.91. The van der Waals surface area contributed by atoms with Crippen LogP contribution in [0.5, 0.6) is 0 Å². The second kappa shape index (κ2) is 9.09. The van der Waals surface area contributed by atoms with Crippen molar-refractivity contribution >= 4 is 28.7 Å². The smallest absolute Gasteiger partial charge is 0.789 e. The van der Waals surface area contributed by atoms with E-state index in [-0.39, 0.29) is 58.0 Å². The van der Waals surface area contributed by atoms with Crippen LogP contribution in [0.25, 0.3) is 0 Å². The minimum Gasteiger partial charge on any atom is -0.789 e. The van der Waals surface area contributed by atoms with Gasteiger partial charge >= 0.3 is 51.4 Å². The average Bonchev–Trinajstić information content (AvgIpc) is 2.18. The van der Waals surface area contributed by atoms with Gasteiger partial charge in [-0.1, -0.05) is 25.7 Å². The third-order valence-corrected chi connectivity index (χ3v) is 7.74. The SMILES string of the molecule is CCOP([O-])(=S)N(C)S(=O)(=O)N(CC)CC.[K+]. The summed E-state index contributed by atoms with van der Waals surface area (Å²) in [6.45, 7) is 2.01. The molecule has 1 unspecified atom stereocenters. The van der Waals surface area contributed by atoms with Crippen molar-refractivity contribution in [3.63, 3.8) is 0 Å². The maximum atomic E-state index is 11.9. The van der Waals surface area contributed by atoms with Crippen LogP contribution < -0.4 is 56.3 Å². The third-order valence-electron chi connectivity index (χ3n) is 2.00. The first kappa shape index (κ1) is 21.4. The minimum atomic E-state index is -3.81. The molecule has 0 aliphatic heterocycles. The molecule has 0 heterocycles. The Morgan fingerprint density at radius 1 is 1.29 bits per heavy atom. The molecular weight excluding hydrogens is 310 g/mol. The van der Waals surface area contributed by atoms with Gasteiger partial charge in [0.15, 0.2) is 0 Å². The first-order chi connectivity index (χ1) is 7.23. The molecule has 98 valence electrons. The van der Waals surface area contributed by atoms with E-state index < -0.39 is 16.9 Å². The van der Waals surface area contributed by atoms with Crippen molar-refractivity contribution in [3.05, 3.63) is 0 Å². The molecule has 0 aromatic rings. The average molecular weight is 328 g/mol. The molecule has 0 saturated heterocycles. The summed E-state index contributed by atoms with van der Waals surface area (Å²) in [5, 5.41) is 0. The zero-order valence-corrected chi connectivity index (χ0v) is 16.6. The van der Waals surface area contributed by atoms with E-state index in [4.69, 9.17) is 4.52 Å². The molecule has 0 fully saturated rings.